The standard InChI is InChI=1S/C29H24N6O7S/c36-27(37)26(15-18-11-13-22(14-12-18)35(39)40)34-43(41,42)23-8-4-6-20(17-23)19-5-3-7-21(16-19)30-29(38)33-28-31-24-9-1-2-10-25(24)32-28/h1-14,16-17,26,34H,15H2,(H,36,37)(H3,30,31,32,33,38). The lowest BCUT2D eigenvalue weighted by molar-refractivity contribution is -0.384. The molecule has 0 aliphatic carbocycles. The number of benzene rings is 4. The van der Waals surface area contributed by atoms with E-state index >= 15 is 0 Å². The molecule has 0 aliphatic rings. The Morgan fingerprint density at radius 3 is 2.30 bits per heavy atom. The number of non-ortho nitro benzene ring substituents is 1. The Morgan fingerprint density at radius 2 is 1.60 bits per heavy atom. The highest BCUT2D eigenvalue weighted by molar-refractivity contribution is 7.89. The van der Waals surface area contributed by atoms with Crippen molar-refractivity contribution in [1.82, 2.24) is 14.7 Å². The van der Waals surface area contributed by atoms with E-state index in [1.165, 1.54) is 42.5 Å². The van der Waals surface area contributed by atoms with Crippen LogP contribution in [0.4, 0.5) is 22.1 Å². The number of carboxylic acid groups (broad SMARTS) is 1. The summed E-state index contributed by atoms with van der Waals surface area (Å²) in [5.41, 5.74) is 3.25. The summed E-state index contributed by atoms with van der Waals surface area (Å²) in [4.78, 5) is 41.9. The second-order valence-electron chi connectivity index (χ2n) is 9.43. The maximum atomic E-state index is 13.2. The van der Waals surface area contributed by atoms with Crippen LogP contribution in [0.5, 0.6) is 0 Å². The molecule has 0 aliphatic heterocycles. The van der Waals surface area contributed by atoms with Gasteiger partial charge in [0.2, 0.25) is 16.0 Å². The average molecular weight is 601 g/mol. The number of carbonyl (C=O) groups is 2. The minimum Gasteiger partial charge on any atom is -0.480 e. The van der Waals surface area contributed by atoms with Gasteiger partial charge in [0.05, 0.1) is 20.9 Å². The summed E-state index contributed by atoms with van der Waals surface area (Å²) in [5.74, 6) is -1.13. The van der Waals surface area contributed by atoms with E-state index in [-0.39, 0.29) is 23.0 Å². The molecule has 1 unspecified atom stereocenters. The second kappa shape index (κ2) is 12.1. The van der Waals surface area contributed by atoms with Crippen molar-refractivity contribution >= 4 is 50.4 Å². The van der Waals surface area contributed by atoms with Crippen LogP contribution in [0.2, 0.25) is 0 Å². The minimum atomic E-state index is -4.28. The van der Waals surface area contributed by atoms with E-state index < -0.39 is 33.0 Å². The normalized spacial score (nSPS) is 12.0. The number of fused-ring (bicyclic) bond motifs is 1. The van der Waals surface area contributed by atoms with Crippen LogP contribution < -0.4 is 15.4 Å². The summed E-state index contributed by atoms with van der Waals surface area (Å²) in [6.45, 7) is 0. The molecule has 5 rings (SSSR count). The number of aromatic nitrogens is 2. The summed E-state index contributed by atoms with van der Waals surface area (Å²) in [6.07, 6.45) is -0.226. The Morgan fingerprint density at radius 1 is 0.907 bits per heavy atom. The Balaban J connectivity index is 1.29. The molecule has 14 heteroatoms. The van der Waals surface area contributed by atoms with E-state index in [1.54, 1.807) is 30.3 Å². The van der Waals surface area contributed by atoms with Crippen molar-refractivity contribution in [1.29, 1.82) is 0 Å². The quantitative estimate of drug-likeness (QED) is 0.112. The highest BCUT2D eigenvalue weighted by Gasteiger charge is 2.26. The third-order valence-corrected chi connectivity index (χ3v) is 7.87. The highest BCUT2D eigenvalue weighted by atomic mass is 32.2. The van der Waals surface area contributed by atoms with Crippen LogP contribution in [0.25, 0.3) is 22.2 Å². The van der Waals surface area contributed by atoms with Gasteiger partial charge < -0.3 is 15.4 Å². The first-order valence-corrected chi connectivity index (χ1v) is 14.3. The van der Waals surface area contributed by atoms with Crippen LogP contribution in [0, 0.1) is 10.1 Å². The zero-order valence-electron chi connectivity index (χ0n) is 22.2. The molecular formula is C29H24N6O7S. The molecule has 2 amide bonds. The maximum absolute atomic E-state index is 13.2. The number of amides is 2. The zero-order chi connectivity index (χ0) is 30.6. The predicted octanol–water partition coefficient (Wildman–Crippen LogP) is 4.76. The number of carboxylic acids is 1. The number of para-hydroxylation sites is 2. The smallest absolute Gasteiger partial charge is 0.326 e. The molecule has 0 saturated carbocycles. The summed E-state index contributed by atoms with van der Waals surface area (Å²) in [7, 11) is -4.28. The molecule has 1 atom stereocenters. The fourth-order valence-electron chi connectivity index (χ4n) is 4.33. The summed E-state index contributed by atoms with van der Waals surface area (Å²) < 4.78 is 28.6. The molecule has 1 aromatic heterocycles. The van der Waals surface area contributed by atoms with E-state index in [4.69, 9.17) is 0 Å². The minimum absolute atomic E-state index is 0.166. The van der Waals surface area contributed by atoms with E-state index in [9.17, 15) is 33.2 Å². The number of nitro groups is 1. The van der Waals surface area contributed by atoms with Crippen molar-refractivity contribution in [3.8, 4) is 11.1 Å². The lowest BCUT2D eigenvalue weighted by Crippen LogP contribution is -2.42. The first-order valence-electron chi connectivity index (χ1n) is 12.8. The number of aromatic amines is 1. The van der Waals surface area contributed by atoms with Gasteiger partial charge in [-0.15, -0.1) is 0 Å². The van der Waals surface area contributed by atoms with Crippen molar-refractivity contribution in [2.45, 2.75) is 17.4 Å². The number of nitro benzene ring substituents is 1. The number of anilines is 2. The van der Waals surface area contributed by atoms with Gasteiger partial charge >= 0.3 is 12.0 Å². The van der Waals surface area contributed by atoms with Gasteiger partial charge in [-0.25, -0.2) is 18.2 Å². The first kappa shape index (κ1) is 28.9. The van der Waals surface area contributed by atoms with Crippen LogP contribution in [0.15, 0.2) is 102 Å². The van der Waals surface area contributed by atoms with Gasteiger partial charge in [-0.2, -0.15) is 4.72 Å². The average Bonchev–Trinajstić information content (AvgIpc) is 3.39. The monoisotopic (exact) mass is 600 g/mol. The molecule has 0 spiro atoms. The Bertz CT molecular complexity index is 1910. The van der Waals surface area contributed by atoms with Crippen molar-refractivity contribution in [2.24, 2.45) is 0 Å². The third-order valence-electron chi connectivity index (χ3n) is 6.40. The van der Waals surface area contributed by atoms with Crippen LogP contribution in [-0.2, 0) is 21.2 Å². The molecule has 5 N–H and O–H groups in total. The zero-order valence-corrected chi connectivity index (χ0v) is 23.0. The number of rotatable bonds is 10. The number of sulfonamides is 1. The van der Waals surface area contributed by atoms with Crippen molar-refractivity contribution in [3.05, 3.63) is 113 Å². The lowest BCUT2D eigenvalue weighted by atomic mass is 10.1. The molecule has 218 valence electrons. The highest BCUT2D eigenvalue weighted by Crippen LogP contribution is 2.26. The van der Waals surface area contributed by atoms with E-state index in [2.05, 4.69) is 25.3 Å². The molecule has 13 nitrogen and oxygen atoms in total. The molecule has 0 fully saturated rings. The number of imidazole rings is 1. The largest absolute Gasteiger partial charge is 0.480 e. The number of hydrogen-bond donors (Lipinski definition) is 5. The number of nitrogens with zero attached hydrogens (tertiary/aromatic N) is 2. The predicted molar refractivity (Wildman–Crippen MR) is 159 cm³/mol. The fraction of sp³-hybridized carbons (Fsp3) is 0.0690. The lowest BCUT2D eigenvalue weighted by Gasteiger charge is -2.16. The van der Waals surface area contributed by atoms with Crippen molar-refractivity contribution in [2.75, 3.05) is 10.6 Å². The topological polar surface area (TPSA) is 196 Å². The second-order valence-corrected chi connectivity index (χ2v) is 11.1. The number of urea groups is 1. The van der Waals surface area contributed by atoms with E-state index in [0.717, 1.165) is 5.52 Å². The Kier molecular flexibility index (Phi) is 8.14. The number of carbonyl (C=O) groups excluding carboxylic acids is 1. The third kappa shape index (κ3) is 7.01. The maximum Gasteiger partial charge on any atom is 0.326 e. The van der Waals surface area contributed by atoms with Gasteiger partial charge in [0.1, 0.15) is 6.04 Å². The molecular weight excluding hydrogens is 576 g/mol. The molecule has 5 aromatic rings. The number of H-pyrrole nitrogens is 1. The van der Waals surface area contributed by atoms with Crippen LogP contribution >= 0.6 is 0 Å². The van der Waals surface area contributed by atoms with Crippen LogP contribution in [-0.4, -0.2) is 46.5 Å². The fourth-order valence-corrected chi connectivity index (χ4v) is 5.56. The summed E-state index contributed by atoms with van der Waals surface area (Å²) in [6, 6.07) is 23.1. The van der Waals surface area contributed by atoms with Crippen molar-refractivity contribution in [3.63, 3.8) is 0 Å². The van der Waals surface area contributed by atoms with Gasteiger partial charge in [-0.1, -0.05) is 48.5 Å². The van der Waals surface area contributed by atoms with E-state index in [0.29, 0.717) is 27.9 Å². The summed E-state index contributed by atoms with van der Waals surface area (Å²) in [5, 5.41) is 25.9. The molecule has 1 heterocycles. The molecule has 43 heavy (non-hydrogen) atoms. The van der Waals surface area contributed by atoms with E-state index in [1.807, 2.05) is 24.3 Å². The first-order chi connectivity index (χ1) is 20.6. The number of hydrogen-bond acceptors (Lipinski definition) is 7. The van der Waals surface area contributed by atoms with Gasteiger partial charge in [0, 0.05) is 17.8 Å². The van der Waals surface area contributed by atoms with Crippen LogP contribution in [0.1, 0.15) is 5.56 Å². The van der Waals surface area contributed by atoms with Gasteiger partial charge in [-0.05, 0) is 59.5 Å². The van der Waals surface area contributed by atoms with Gasteiger partial charge in [-0.3, -0.25) is 20.2 Å². The summed E-state index contributed by atoms with van der Waals surface area (Å²) >= 11 is 0. The Labute approximate surface area is 244 Å². The Hall–Kier alpha value is -5.60. The molecule has 4 aromatic carbocycles. The number of aliphatic carboxylic acids is 1. The van der Waals surface area contributed by atoms with Gasteiger partial charge in [0.25, 0.3) is 5.69 Å². The van der Waals surface area contributed by atoms with Crippen LogP contribution in [0.3, 0.4) is 0 Å². The van der Waals surface area contributed by atoms with Crippen molar-refractivity contribution < 1.29 is 28.0 Å². The van der Waals surface area contributed by atoms with Gasteiger partial charge in [0.15, 0.2) is 0 Å². The molecule has 0 saturated heterocycles. The molecule has 0 bridgehead atoms. The number of nitrogens with one attached hydrogen (secondary N) is 4. The molecule has 0 radical (unpaired) electrons. The SMILES string of the molecule is O=C(Nc1cccc(-c2cccc(S(=O)(=O)NC(Cc3ccc([N+](=O)[O-])cc3)C(=O)O)c2)c1)Nc1nc2ccccc2[nH]1.